The number of tetrazole rings is 1. The largest absolute Gasteiger partial charge is 0.397 e. The lowest BCUT2D eigenvalue weighted by Crippen LogP contribution is -2.17. The Morgan fingerprint density at radius 3 is 2.50 bits per heavy atom. The highest BCUT2D eigenvalue weighted by atomic mass is 32.2. The second kappa shape index (κ2) is 7.96. The predicted octanol–water partition coefficient (Wildman–Crippen LogP) is 0.205. The number of hydrogen-bond donors (Lipinski definition) is 4. The number of nitrogens with zero attached hydrogens (tertiary/aromatic N) is 4. The first-order valence-corrected chi connectivity index (χ1v) is 9.80. The van der Waals surface area contributed by atoms with Gasteiger partial charge in [-0.05, 0) is 35.2 Å². The molecule has 0 atom stereocenters. The van der Waals surface area contributed by atoms with Crippen LogP contribution in [0.2, 0.25) is 0 Å². The summed E-state index contributed by atoms with van der Waals surface area (Å²) in [5, 5.41) is 18.8. The molecule has 12 heteroatoms. The number of benzene rings is 1. The molecule has 7 N–H and O–H groups in total. The van der Waals surface area contributed by atoms with Crippen molar-refractivity contribution in [2.75, 3.05) is 5.73 Å². The summed E-state index contributed by atoms with van der Waals surface area (Å²) >= 11 is 0. The number of alkyl halides is 1. The number of aryl methyl sites for hydroxylation is 2. The van der Waals surface area contributed by atoms with Crippen molar-refractivity contribution >= 4 is 15.7 Å². The number of hydrogen-bond acceptors (Lipinski definition) is 8. The minimum Gasteiger partial charge on any atom is -0.397 e. The number of aromatic nitrogens is 5. The zero-order valence-electron chi connectivity index (χ0n) is 14.8. The maximum atomic E-state index is 13.4. The van der Waals surface area contributed by atoms with Crippen LogP contribution < -0.4 is 16.6 Å². The average molecular weight is 406 g/mol. The van der Waals surface area contributed by atoms with E-state index >= 15 is 0 Å². The number of rotatable bonds is 7. The van der Waals surface area contributed by atoms with Gasteiger partial charge in [0.05, 0.1) is 16.3 Å². The summed E-state index contributed by atoms with van der Waals surface area (Å²) in [7, 11) is -4.23. The molecule has 1 aromatic carbocycles. The molecule has 0 fully saturated rings. The Hall–Kier alpha value is -2.96. The van der Waals surface area contributed by atoms with Gasteiger partial charge in [0.15, 0.2) is 0 Å². The second-order valence-corrected chi connectivity index (χ2v) is 7.58. The molecule has 0 aliphatic rings. The second-order valence-electron chi connectivity index (χ2n) is 6.09. The monoisotopic (exact) mass is 406 g/mol. The van der Waals surface area contributed by atoms with Crippen LogP contribution >= 0.6 is 0 Å². The zero-order chi connectivity index (χ0) is 20.3. The molecule has 3 rings (SSSR count). The lowest BCUT2D eigenvalue weighted by Gasteiger charge is -2.14. The molecule has 0 amide bonds. The van der Waals surface area contributed by atoms with Gasteiger partial charge in [-0.3, -0.25) is 4.98 Å². The number of nitrogens with one attached hydrogen (secondary N) is 1. The van der Waals surface area contributed by atoms with Crippen LogP contribution in [0.15, 0.2) is 29.3 Å². The van der Waals surface area contributed by atoms with Gasteiger partial charge >= 0.3 is 0 Å². The van der Waals surface area contributed by atoms with Crippen LogP contribution in [-0.4, -0.2) is 34.0 Å². The molecule has 0 aliphatic carbocycles. The molecule has 10 nitrogen and oxygen atoms in total. The van der Waals surface area contributed by atoms with Gasteiger partial charge in [0.2, 0.25) is 15.8 Å². The number of nitrogens with two attached hydrogens (primary N) is 3. The molecule has 0 saturated carbocycles. The minimum absolute atomic E-state index is 0.0189. The van der Waals surface area contributed by atoms with Crippen LogP contribution in [0.3, 0.4) is 0 Å². The van der Waals surface area contributed by atoms with Crippen molar-refractivity contribution in [3.63, 3.8) is 0 Å². The van der Waals surface area contributed by atoms with Crippen molar-refractivity contribution in [2.24, 2.45) is 10.9 Å². The van der Waals surface area contributed by atoms with E-state index in [-0.39, 0.29) is 28.4 Å². The first kappa shape index (κ1) is 19.8. The maximum absolute atomic E-state index is 13.4. The molecule has 0 radical (unpaired) electrons. The molecular weight excluding hydrogens is 387 g/mol. The standard InChI is InChI=1S/C16H19FN8O2S/c17-6-11-4-3-10(2-1-9-5-12(19)13(7-18)21-8-9)14(15(11)28(20,26)27)16-22-24-25-23-16/h3-5,8H,1-2,6-7,18-19H2,(H2,20,26,27)(H,22,23,24,25). The Balaban J connectivity index is 2.05. The van der Waals surface area contributed by atoms with Crippen molar-refractivity contribution in [1.82, 2.24) is 25.6 Å². The summed E-state index contributed by atoms with van der Waals surface area (Å²) in [6.07, 6.45) is 2.54. The summed E-state index contributed by atoms with van der Waals surface area (Å²) in [6.45, 7) is -0.769. The van der Waals surface area contributed by atoms with Crippen molar-refractivity contribution in [3.8, 4) is 11.4 Å². The van der Waals surface area contributed by atoms with Crippen LogP contribution in [0.4, 0.5) is 10.1 Å². The summed E-state index contributed by atoms with van der Waals surface area (Å²) < 4.78 is 37.7. The van der Waals surface area contributed by atoms with E-state index in [2.05, 4.69) is 25.6 Å². The summed E-state index contributed by atoms with van der Waals surface area (Å²) in [4.78, 5) is 3.87. The summed E-state index contributed by atoms with van der Waals surface area (Å²) in [5.41, 5.74) is 14.0. The quantitative estimate of drug-likeness (QED) is 0.429. The molecule has 3 aromatic rings. The van der Waals surface area contributed by atoms with Crippen molar-refractivity contribution < 1.29 is 12.8 Å². The Labute approximate surface area is 160 Å². The van der Waals surface area contributed by atoms with Gasteiger partial charge in [0.25, 0.3) is 0 Å². The van der Waals surface area contributed by atoms with Gasteiger partial charge in [0.1, 0.15) is 6.67 Å². The fourth-order valence-corrected chi connectivity index (χ4v) is 3.95. The van der Waals surface area contributed by atoms with E-state index in [1.807, 2.05) is 0 Å². The van der Waals surface area contributed by atoms with Crippen molar-refractivity contribution in [3.05, 3.63) is 46.8 Å². The normalized spacial score (nSPS) is 11.7. The highest BCUT2D eigenvalue weighted by molar-refractivity contribution is 7.89. The van der Waals surface area contributed by atoms with E-state index in [9.17, 15) is 12.8 Å². The van der Waals surface area contributed by atoms with E-state index in [1.54, 1.807) is 18.3 Å². The molecule has 0 unspecified atom stereocenters. The topological polar surface area (TPSA) is 180 Å². The van der Waals surface area contributed by atoms with Gasteiger partial charge in [0, 0.05) is 23.9 Å². The average Bonchev–Trinajstić information content (AvgIpc) is 3.19. The van der Waals surface area contributed by atoms with Gasteiger partial charge in [-0.1, -0.05) is 12.1 Å². The van der Waals surface area contributed by atoms with E-state index in [0.29, 0.717) is 29.8 Å². The molecular formula is C16H19FN8O2S. The van der Waals surface area contributed by atoms with Crippen LogP contribution in [0.5, 0.6) is 0 Å². The highest BCUT2D eigenvalue weighted by Crippen LogP contribution is 2.32. The number of anilines is 1. The maximum Gasteiger partial charge on any atom is 0.239 e. The van der Waals surface area contributed by atoms with Crippen LogP contribution in [-0.2, 0) is 36.1 Å². The van der Waals surface area contributed by atoms with Gasteiger partial charge < -0.3 is 11.5 Å². The minimum atomic E-state index is -4.23. The number of H-pyrrole nitrogens is 1. The Kier molecular flexibility index (Phi) is 5.63. The van der Waals surface area contributed by atoms with Crippen LogP contribution in [0, 0.1) is 0 Å². The number of halogens is 1. The third kappa shape index (κ3) is 3.98. The first-order chi connectivity index (χ1) is 13.3. The number of nitrogen functional groups attached to an aromatic ring is 1. The molecule has 0 bridgehead atoms. The third-order valence-corrected chi connectivity index (χ3v) is 5.30. The predicted molar refractivity (Wildman–Crippen MR) is 99.7 cm³/mol. The number of primary sulfonamides is 1. The van der Waals surface area contributed by atoms with Crippen molar-refractivity contribution in [2.45, 2.75) is 31.0 Å². The molecule has 2 aromatic heterocycles. The third-order valence-electron chi connectivity index (χ3n) is 4.26. The zero-order valence-corrected chi connectivity index (χ0v) is 15.6. The lowest BCUT2D eigenvalue weighted by atomic mass is 9.97. The van der Waals surface area contributed by atoms with E-state index < -0.39 is 16.7 Å². The Bertz CT molecular complexity index is 1090. The van der Waals surface area contributed by atoms with Gasteiger partial charge in [-0.25, -0.2) is 17.9 Å². The van der Waals surface area contributed by atoms with Crippen molar-refractivity contribution in [1.29, 1.82) is 0 Å². The lowest BCUT2D eigenvalue weighted by molar-refractivity contribution is 0.478. The fraction of sp³-hybridized carbons (Fsp3) is 0.250. The van der Waals surface area contributed by atoms with Crippen LogP contribution in [0.1, 0.15) is 22.4 Å². The van der Waals surface area contributed by atoms with E-state index in [0.717, 1.165) is 5.56 Å². The Morgan fingerprint density at radius 1 is 1.18 bits per heavy atom. The number of aromatic amines is 1. The number of sulfonamides is 1. The van der Waals surface area contributed by atoms with Gasteiger partial charge in [-0.15, -0.1) is 10.2 Å². The summed E-state index contributed by atoms with van der Waals surface area (Å²) in [6, 6.07) is 4.78. The fourth-order valence-electron chi connectivity index (χ4n) is 2.96. The van der Waals surface area contributed by atoms with Crippen LogP contribution in [0.25, 0.3) is 11.4 Å². The molecule has 28 heavy (non-hydrogen) atoms. The SMILES string of the molecule is NCc1ncc(CCc2ccc(CF)c(S(N)(=O)=O)c2-c2nn[nH]n2)cc1N. The molecule has 0 saturated heterocycles. The highest BCUT2D eigenvalue weighted by Gasteiger charge is 2.25. The Morgan fingerprint density at radius 2 is 1.93 bits per heavy atom. The van der Waals surface area contributed by atoms with E-state index in [1.165, 1.54) is 6.07 Å². The molecule has 0 aliphatic heterocycles. The molecule has 2 heterocycles. The summed E-state index contributed by atoms with van der Waals surface area (Å²) in [5.74, 6) is 0.0189. The first-order valence-electron chi connectivity index (χ1n) is 8.25. The van der Waals surface area contributed by atoms with Gasteiger partial charge in [-0.2, -0.15) is 5.21 Å². The van der Waals surface area contributed by atoms with E-state index in [4.69, 9.17) is 16.6 Å². The molecule has 0 spiro atoms. The molecule has 148 valence electrons. The number of pyridine rings is 1. The smallest absolute Gasteiger partial charge is 0.239 e.